The van der Waals surface area contributed by atoms with Crippen molar-refractivity contribution in [2.45, 2.75) is 20.0 Å². The quantitative estimate of drug-likeness (QED) is 0.803. The molecule has 0 radical (unpaired) electrons. The number of carbonyl (C=O) groups is 1. The van der Waals surface area contributed by atoms with Gasteiger partial charge in [0, 0.05) is 17.0 Å². The first-order valence-electron chi connectivity index (χ1n) is 7.05. The van der Waals surface area contributed by atoms with E-state index in [-0.39, 0.29) is 12.5 Å². The Labute approximate surface area is 133 Å². The Morgan fingerprint density at radius 1 is 1.23 bits per heavy atom. The topological polar surface area (TPSA) is 46.9 Å². The molecular formula is C17H16ClN3O. The summed E-state index contributed by atoms with van der Waals surface area (Å²) < 4.78 is 1.72. The first-order chi connectivity index (χ1) is 10.6. The van der Waals surface area contributed by atoms with Gasteiger partial charge in [0.25, 0.3) is 0 Å². The highest BCUT2D eigenvalue weighted by molar-refractivity contribution is 6.30. The smallest absolute Gasteiger partial charge is 0.242 e. The minimum Gasteiger partial charge on any atom is -0.350 e. The molecule has 3 aromatic rings. The summed E-state index contributed by atoms with van der Waals surface area (Å²) in [5.74, 6) is -0.0681. The molecule has 1 amide bonds. The molecule has 0 saturated carbocycles. The van der Waals surface area contributed by atoms with Crippen LogP contribution in [0.25, 0.3) is 10.9 Å². The Bertz CT molecular complexity index is 808. The standard InChI is InChI=1S/C17H16ClN3O/c1-12-2-5-14-10-20-21(16(14)8-12)11-17(22)19-9-13-3-6-15(18)7-4-13/h2-8,10H,9,11H2,1H3,(H,19,22). The average molecular weight is 314 g/mol. The maximum Gasteiger partial charge on any atom is 0.242 e. The minimum absolute atomic E-state index is 0.0681. The fourth-order valence-corrected chi connectivity index (χ4v) is 2.43. The van der Waals surface area contributed by atoms with E-state index in [2.05, 4.69) is 10.4 Å². The number of nitrogens with one attached hydrogen (secondary N) is 1. The third-order valence-electron chi connectivity index (χ3n) is 3.50. The molecule has 1 N–H and O–H groups in total. The summed E-state index contributed by atoms with van der Waals surface area (Å²) in [4.78, 5) is 12.1. The molecule has 112 valence electrons. The van der Waals surface area contributed by atoms with Gasteiger partial charge in [-0.2, -0.15) is 5.10 Å². The van der Waals surface area contributed by atoms with Crippen LogP contribution in [0, 0.1) is 6.92 Å². The molecule has 1 aromatic heterocycles. The number of hydrogen-bond donors (Lipinski definition) is 1. The first-order valence-corrected chi connectivity index (χ1v) is 7.43. The number of aromatic nitrogens is 2. The fraction of sp³-hybridized carbons (Fsp3) is 0.176. The summed E-state index contributed by atoms with van der Waals surface area (Å²) in [6.45, 7) is 2.71. The average Bonchev–Trinajstić information content (AvgIpc) is 2.89. The summed E-state index contributed by atoms with van der Waals surface area (Å²) in [6, 6.07) is 13.5. The summed E-state index contributed by atoms with van der Waals surface area (Å²) in [7, 11) is 0. The maximum absolute atomic E-state index is 12.1. The largest absolute Gasteiger partial charge is 0.350 e. The van der Waals surface area contributed by atoms with Gasteiger partial charge in [-0.05, 0) is 36.2 Å². The van der Waals surface area contributed by atoms with Gasteiger partial charge in [-0.15, -0.1) is 0 Å². The Hall–Kier alpha value is -2.33. The molecule has 2 aromatic carbocycles. The first kappa shape index (κ1) is 14.6. The second-order valence-corrected chi connectivity index (χ2v) is 5.70. The zero-order valence-electron chi connectivity index (χ0n) is 12.2. The van der Waals surface area contributed by atoms with Crippen molar-refractivity contribution in [3.05, 3.63) is 64.8 Å². The molecule has 0 aliphatic rings. The molecule has 0 aliphatic carbocycles. The Kier molecular flexibility index (Phi) is 4.11. The predicted octanol–water partition coefficient (Wildman–Crippen LogP) is 3.31. The van der Waals surface area contributed by atoms with Gasteiger partial charge in [-0.3, -0.25) is 9.48 Å². The van der Waals surface area contributed by atoms with Gasteiger partial charge < -0.3 is 5.32 Å². The Morgan fingerprint density at radius 2 is 2.00 bits per heavy atom. The van der Waals surface area contributed by atoms with Gasteiger partial charge in [0.1, 0.15) is 6.54 Å². The van der Waals surface area contributed by atoms with Gasteiger partial charge in [-0.25, -0.2) is 0 Å². The van der Waals surface area contributed by atoms with E-state index < -0.39 is 0 Å². The van der Waals surface area contributed by atoms with Crippen LogP contribution in [0.1, 0.15) is 11.1 Å². The van der Waals surface area contributed by atoms with Crippen LogP contribution in [0.2, 0.25) is 5.02 Å². The Morgan fingerprint density at radius 3 is 2.77 bits per heavy atom. The van der Waals surface area contributed by atoms with Crippen LogP contribution in [0.3, 0.4) is 0 Å². The van der Waals surface area contributed by atoms with Gasteiger partial charge in [-0.1, -0.05) is 35.9 Å². The minimum atomic E-state index is -0.0681. The molecule has 0 aliphatic heterocycles. The van der Waals surface area contributed by atoms with E-state index >= 15 is 0 Å². The number of hydrogen-bond acceptors (Lipinski definition) is 2. The van der Waals surface area contributed by atoms with Crippen molar-refractivity contribution in [1.29, 1.82) is 0 Å². The van der Waals surface area contributed by atoms with E-state index in [4.69, 9.17) is 11.6 Å². The second kappa shape index (κ2) is 6.20. The monoisotopic (exact) mass is 313 g/mol. The van der Waals surface area contributed by atoms with Crippen molar-refractivity contribution in [3.63, 3.8) is 0 Å². The number of rotatable bonds is 4. The van der Waals surface area contributed by atoms with Crippen LogP contribution in [-0.4, -0.2) is 15.7 Å². The van der Waals surface area contributed by atoms with Crippen LogP contribution in [-0.2, 0) is 17.9 Å². The number of nitrogens with zero attached hydrogens (tertiary/aromatic N) is 2. The van der Waals surface area contributed by atoms with Crippen LogP contribution in [0.5, 0.6) is 0 Å². The summed E-state index contributed by atoms with van der Waals surface area (Å²) >= 11 is 5.84. The molecule has 0 saturated heterocycles. The summed E-state index contributed by atoms with van der Waals surface area (Å²) in [5.41, 5.74) is 3.14. The van der Waals surface area contributed by atoms with Crippen molar-refractivity contribution in [2.24, 2.45) is 0 Å². The highest BCUT2D eigenvalue weighted by atomic mass is 35.5. The van der Waals surface area contributed by atoms with Crippen molar-refractivity contribution >= 4 is 28.4 Å². The molecule has 22 heavy (non-hydrogen) atoms. The predicted molar refractivity (Wildman–Crippen MR) is 87.8 cm³/mol. The van der Waals surface area contributed by atoms with Gasteiger partial charge in [0.05, 0.1) is 11.7 Å². The van der Waals surface area contributed by atoms with E-state index in [9.17, 15) is 4.79 Å². The SMILES string of the molecule is Cc1ccc2cnn(CC(=O)NCc3ccc(Cl)cc3)c2c1. The van der Waals surface area contributed by atoms with Crippen molar-refractivity contribution in [1.82, 2.24) is 15.1 Å². The van der Waals surface area contributed by atoms with Crippen LogP contribution < -0.4 is 5.32 Å². The van der Waals surface area contributed by atoms with E-state index in [0.717, 1.165) is 22.0 Å². The summed E-state index contributed by atoms with van der Waals surface area (Å²) in [6.07, 6.45) is 1.78. The zero-order valence-corrected chi connectivity index (χ0v) is 13.0. The normalized spacial score (nSPS) is 10.8. The van der Waals surface area contributed by atoms with Crippen LogP contribution in [0.15, 0.2) is 48.7 Å². The molecule has 0 unspecified atom stereocenters. The molecule has 3 rings (SSSR count). The molecule has 5 heteroatoms. The molecule has 0 spiro atoms. The molecule has 0 bridgehead atoms. The number of carbonyl (C=O) groups excluding carboxylic acids is 1. The third kappa shape index (κ3) is 3.28. The lowest BCUT2D eigenvalue weighted by atomic mass is 10.2. The molecular weight excluding hydrogens is 298 g/mol. The third-order valence-corrected chi connectivity index (χ3v) is 3.75. The highest BCUT2D eigenvalue weighted by Crippen LogP contribution is 2.15. The highest BCUT2D eigenvalue weighted by Gasteiger charge is 2.07. The van der Waals surface area contributed by atoms with Crippen molar-refractivity contribution in [3.8, 4) is 0 Å². The number of aryl methyl sites for hydroxylation is 1. The molecule has 1 heterocycles. The van der Waals surface area contributed by atoms with Gasteiger partial charge in [0.15, 0.2) is 0 Å². The molecule has 4 nitrogen and oxygen atoms in total. The lowest BCUT2D eigenvalue weighted by Crippen LogP contribution is -2.27. The lowest BCUT2D eigenvalue weighted by molar-refractivity contribution is -0.121. The lowest BCUT2D eigenvalue weighted by Gasteiger charge is -2.07. The van der Waals surface area contributed by atoms with E-state index in [0.29, 0.717) is 11.6 Å². The zero-order chi connectivity index (χ0) is 15.5. The van der Waals surface area contributed by atoms with Crippen LogP contribution >= 0.6 is 11.6 Å². The Balaban J connectivity index is 1.65. The second-order valence-electron chi connectivity index (χ2n) is 5.27. The number of fused-ring (bicyclic) bond motifs is 1. The van der Waals surface area contributed by atoms with E-state index in [1.54, 1.807) is 10.9 Å². The fourth-order valence-electron chi connectivity index (χ4n) is 2.30. The van der Waals surface area contributed by atoms with E-state index in [1.807, 2.05) is 49.4 Å². The van der Waals surface area contributed by atoms with E-state index in [1.165, 1.54) is 0 Å². The van der Waals surface area contributed by atoms with Gasteiger partial charge >= 0.3 is 0 Å². The van der Waals surface area contributed by atoms with Gasteiger partial charge in [0.2, 0.25) is 5.91 Å². The summed E-state index contributed by atoms with van der Waals surface area (Å²) in [5, 5.41) is 8.90. The molecule has 0 fully saturated rings. The maximum atomic E-state index is 12.1. The van der Waals surface area contributed by atoms with Crippen molar-refractivity contribution < 1.29 is 4.79 Å². The van der Waals surface area contributed by atoms with Crippen molar-refractivity contribution in [2.75, 3.05) is 0 Å². The number of benzene rings is 2. The number of halogens is 1. The number of amides is 1. The van der Waals surface area contributed by atoms with Crippen LogP contribution in [0.4, 0.5) is 0 Å². The molecule has 0 atom stereocenters.